The van der Waals surface area contributed by atoms with Gasteiger partial charge in [0.2, 0.25) is 0 Å². The van der Waals surface area contributed by atoms with Gasteiger partial charge in [0.25, 0.3) is 5.91 Å². The molecule has 1 aromatic heterocycles. The van der Waals surface area contributed by atoms with E-state index in [0.717, 1.165) is 31.8 Å². The van der Waals surface area contributed by atoms with Crippen molar-refractivity contribution in [1.82, 2.24) is 9.88 Å². The summed E-state index contributed by atoms with van der Waals surface area (Å²) in [7, 11) is 0. The molecule has 1 aliphatic carbocycles. The van der Waals surface area contributed by atoms with Crippen molar-refractivity contribution in [3.05, 3.63) is 20.9 Å². The smallest absolute Gasteiger partial charge is 0.266 e. The molecule has 1 saturated carbocycles. The van der Waals surface area contributed by atoms with Crippen LogP contribution in [0.15, 0.2) is 4.47 Å². The first-order valence-corrected chi connectivity index (χ1v) is 8.85. The molecular weight excluding hydrogens is 370 g/mol. The van der Waals surface area contributed by atoms with E-state index in [2.05, 4.69) is 21.2 Å². The molecule has 1 aliphatic heterocycles. The number of ether oxygens (including phenoxy) is 1. The van der Waals surface area contributed by atoms with Crippen molar-refractivity contribution in [3.63, 3.8) is 0 Å². The second kappa shape index (κ2) is 6.51. The van der Waals surface area contributed by atoms with E-state index in [9.17, 15) is 4.79 Å². The monoisotopic (exact) mass is 389 g/mol. The average Bonchev–Trinajstić information content (AvgIpc) is 3.29. The van der Waals surface area contributed by atoms with E-state index in [-0.39, 0.29) is 12.1 Å². The Balaban J connectivity index is 1.92. The molecule has 0 radical (unpaired) electrons. The third-order valence-corrected chi connectivity index (χ3v) is 5.98. The van der Waals surface area contributed by atoms with Crippen molar-refractivity contribution in [2.45, 2.75) is 38.3 Å². The predicted octanol–water partition coefficient (Wildman–Crippen LogP) is 2.64. The molecule has 2 heterocycles. The summed E-state index contributed by atoms with van der Waals surface area (Å²) < 4.78 is 8.67. The molecule has 22 heavy (non-hydrogen) atoms. The molecule has 1 saturated heterocycles. The summed E-state index contributed by atoms with van der Waals surface area (Å²) in [6.07, 6.45) is 3.43. The Morgan fingerprint density at radius 3 is 2.86 bits per heavy atom. The Morgan fingerprint density at radius 2 is 2.23 bits per heavy atom. The van der Waals surface area contributed by atoms with E-state index < -0.39 is 5.91 Å². The maximum Gasteiger partial charge on any atom is 0.266 e. The number of nitrogens with two attached hydrogens (primary N) is 1. The molecule has 3 rings (SSSR count). The van der Waals surface area contributed by atoms with E-state index in [1.807, 2.05) is 11.5 Å². The summed E-state index contributed by atoms with van der Waals surface area (Å²) in [4.78, 5) is 11.9. The second-order valence-corrected chi connectivity index (χ2v) is 7.34. The highest BCUT2D eigenvalue weighted by molar-refractivity contribution is 9.10. The maximum absolute atomic E-state index is 11.9. The zero-order valence-electron chi connectivity index (χ0n) is 12.6. The molecule has 2 atom stereocenters. The fourth-order valence-electron chi connectivity index (χ4n) is 3.11. The van der Waals surface area contributed by atoms with Gasteiger partial charge in [-0.25, -0.2) is 0 Å². The number of halogens is 2. The van der Waals surface area contributed by atoms with Crippen LogP contribution in [0.5, 0.6) is 0 Å². The van der Waals surface area contributed by atoms with Crippen LogP contribution >= 0.6 is 27.5 Å². The van der Waals surface area contributed by atoms with Crippen LogP contribution < -0.4 is 11.1 Å². The molecule has 5 nitrogen and oxygen atoms in total. The molecule has 1 amide bonds. The first kappa shape index (κ1) is 16.3. The van der Waals surface area contributed by atoms with Crippen LogP contribution in [0.1, 0.15) is 41.5 Å². The molecule has 122 valence electrons. The highest BCUT2D eigenvalue weighted by atomic mass is 79.9. The van der Waals surface area contributed by atoms with Crippen molar-refractivity contribution in [1.29, 1.82) is 0 Å². The number of amides is 1. The Labute approximate surface area is 143 Å². The molecule has 2 aliphatic rings. The second-order valence-electron chi connectivity index (χ2n) is 6.17. The number of aromatic nitrogens is 1. The third-order valence-electron chi connectivity index (χ3n) is 4.52. The molecular formula is C15H21BrClN3O2. The van der Waals surface area contributed by atoms with Crippen molar-refractivity contribution in [2.24, 2.45) is 11.7 Å². The van der Waals surface area contributed by atoms with Crippen LogP contribution in [0.4, 0.5) is 0 Å². The van der Waals surface area contributed by atoms with E-state index in [1.54, 1.807) is 0 Å². The van der Waals surface area contributed by atoms with Gasteiger partial charge in [0, 0.05) is 18.8 Å². The standard InChI is InChI=1S/C15H21BrClN3O2/c1-8-13(17)12(16)14(15(18)21)20(8)10-4-5-19-6-11(10)22-7-9-2-3-9/h9-11,19H,2-7H2,1H3,(H2,18,21)/t10-,11-/m1/s1. The highest BCUT2D eigenvalue weighted by Gasteiger charge is 2.34. The van der Waals surface area contributed by atoms with Gasteiger partial charge in [-0.2, -0.15) is 0 Å². The van der Waals surface area contributed by atoms with Crippen LogP contribution in [0.3, 0.4) is 0 Å². The molecule has 7 heteroatoms. The summed E-state index contributed by atoms with van der Waals surface area (Å²) in [5, 5.41) is 3.92. The van der Waals surface area contributed by atoms with Gasteiger partial charge in [0.15, 0.2) is 0 Å². The minimum Gasteiger partial charge on any atom is -0.374 e. The van der Waals surface area contributed by atoms with E-state index in [1.165, 1.54) is 12.8 Å². The number of piperidine rings is 1. The van der Waals surface area contributed by atoms with Crippen molar-refractivity contribution in [3.8, 4) is 0 Å². The van der Waals surface area contributed by atoms with E-state index in [0.29, 0.717) is 21.1 Å². The zero-order valence-corrected chi connectivity index (χ0v) is 14.9. The predicted molar refractivity (Wildman–Crippen MR) is 89.4 cm³/mol. The Kier molecular flexibility index (Phi) is 4.83. The van der Waals surface area contributed by atoms with Gasteiger partial charge in [-0.3, -0.25) is 4.79 Å². The molecule has 3 N–H and O–H groups in total. The van der Waals surface area contributed by atoms with Gasteiger partial charge in [-0.15, -0.1) is 0 Å². The minimum atomic E-state index is -0.471. The topological polar surface area (TPSA) is 69.3 Å². The van der Waals surface area contributed by atoms with Gasteiger partial charge < -0.3 is 20.4 Å². The Hall–Kier alpha value is -0.560. The number of hydrogen-bond donors (Lipinski definition) is 2. The average molecular weight is 391 g/mol. The number of primary amides is 1. The minimum absolute atomic E-state index is 0.0292. The van der Waals surface area contributed by atoms with Gasteiger partial charge >= 0.3 is 0 Å². The van der Waals surface area contributed by atoms with Crippen molar-refractivity contribution < 1.29 is 9.53 Å². The largest absolute Gasteiger partial charge is 0.374 e. The van der Waals surface area contributed by atoms with Crippen LogP contribution in [0.25, 0.3) is 0 Å². The van der Waals surface area contributed by atoms with Gasteiger partial charge in [-0.1, -0.05) is 11.6 Å². The summed E-state index contributed by atoms with van der Waals surface area (Å²) in [5.41, 5.74) is 6.87. The third kappa shape index (κ3) is 3.07. The molecule has 0 bridgehead atoms. The maximum atomic E-state index is 11.9. The SMILES string of the molecule is Cc1c(Cl)c(Br)c(C(N)=O)n1[C@@H]1CCNC[C@H]1OCC1CC1. The lowest BCUT2D eigenvalue weighted by Crippen LogP contribution is -2.44. The number of carbonyl (C=O) groups excluding carboxylic acids is 1. The Bertz CT molecular complexity index is 586. The zero-order chi connectivity index (χ0) is 15.9. The first-order valence-electron chi connectivity index (χ1n) is 7.68. The molecule has 0 unspecified atom stereocenters. The van der Waals surface area contributed by atoms with E-state index in [4.69, 9.17) is 22.1 Å². The number of carbonyl (C=O) groups is 1. The van der Waals surface area contributed by atoms with Crippen molar-refractivity contribution >= 4 is 33.4 Å². The van der Waals surface area contributed by atoms with Crippen molar-refractivity contribution in [2.75, 3.05) is 19.7 Å². The lowest BCUT2D eigenvalue weighted by molar-refractivity contribution is -0.00323. The quantitative estimate of drug-likeness (QED) is 0.812. The molecule has 0 aromatic carbocycles. The van der Waals surface area contributed by atoms with E-state index >= 15 is 0 Å². The Morgan fingerprint density at radius 1 is 1.50 bits per heavy atom. The summed E-state index contributed by atoms with van der Waals surface area (Å²) in [6.45, 7) is 4.38. The fourth-order valence-corrected chi connectivity index (χ4v) is 3.96. The number of nitrogens with zero attached hydrogens (tertiary/aromatic N) is 1. The fraction of sp³-hybridized carbons (Fsp3) is 0.667. The number of rotatable bonds is 5. The highest BCUT2D eigenvalue weighted by Crippen LogP contribution is 2.38. The number of hydrogen-bond acceptors (Lipinski definition) is 3. The van der Waals surface area contributed by atoms with Crippen LogP contribution in [0, 0.1) is 12.8 Å². The lowest BCUT2D eigenvalue weighted by atomic mass is 10.0. The number of nitrogens with one attached hydrogen (secondary N) is 1. The molecule has 2 fully saturated rings. The first-order chi connectivity index (χ1) is 10.5. The van der Waals surface area contributed by atoms with Crippen LogP contribution in [-0.2, 0) is 4.74 Å². The lowest BCUT2D eigenvalue weighted by Gasteiger charge is -2.35. The molecule has 1 aromatic rings. The summed E-state index contributed by atoms with van der Waals surface area (Å²) in [6, 6.07) is 0.0753. The van der Waals surface area contributed by atoms with Gasteiger partial charge in [0.1, 0.15) is 5.69 Å². The normalized spacial score (nSPS) is 25.4. The van der Waals surface area contributed by atoms with Gasteiger partial charge in [0.05, 0.1) is 21.6 Å². The van der Waals surface area contributed by atoms with Crippen LogP contribution in [0.2, 0.25) is 5.02 Å². The summed E-state index contributed by atoms with van der Waals surface area (Å²) >= 11 is 9.72. The van der Waals surface area contributed by atoms with Gasteiger partial charge in [-0.05, 0) is 54.6 Å². The van der Waals surface area contributed by atoms with Crippen LogP contribution in [-0.4, -0.2) is 36.3 Å². The summed E-state index contributed by atoms with van der Waals surface area (Å²) in [5.74, 6) is 0.237. The molecule has 0 spiro atoms.